The first-order chi connectivity index (χ1) is 6.38. The molecule has 1 atom stereocenters. The molecule has 0 aliphatic carbocycles. The van der Waals surface area contributed by atoms with Gasteiger partial charge in [-0.2, -0.15) is 0 Å². The van der Waals surface area contributed by atoms with Gasteiger partial charge < -0.3 is 10.0 Å². The van der Waals surface area contributed by atoms with Gasteiger partial charge in [0.1, 0.15) is 5.60 Å². The minimum absolute atomic E-state index is 0.170. The molecule has 1 amide bonds. The van der Waals surface area contributed by atoms with Crippen LogP contribution in [0, 0.1) is 17.8 Å². The fraction of sp³-hybridized carbons (Fsp3) is 0.727. The maximum Gasteiger partial charge on any atom is 0.298 e. The van der Waals surface area contributed by atoms with Crippen molar-refractivity contribution < 1.29 is 9.90 Å². The zero-order valence-corrected chi connectivity index (χ0v) is 9.00. The summed E-state index contributed by atoms with van der Waals surface area (Å²) in [6, 6.07) is 0. The van der Waals surface area contributed by atoms with Crippen LogP contribution in [0.25, 0.3) is 0 Å². The molecule has 14 heavy (non-hydrogen) atoms. The van der Waals surface area contributed by atoms with E-state index in [9.17, 15) is 9.90 Å². The summed E-state index contributed by atoms with van der Waals surface area (Å²) >= 11 is 0. The average Bonchev–Trinajstić information content (AvgIpc) is 2.46. The molecular formula is C11H17NO2. The molecule has 1 saturated heterocycles. The van der Waals surface area contributed by atoms with Crippen LogP contribution in [0.4, 0.5) is 0 Å². The lowest BCUT2D eigenvalue weighted by molar-refractivity contribution is -0.124. The molecule has 3 nitrogen and oxygen atoms in total. The predicted octanol–water partition coefficient (Wildman–Crippen LogP) is 0.629. The standard InChI is InChI=1S/C11H17NO2/c1-9-5-7-12(8-9)10(13)4-6-11(2,3)14/h9,14H,5,7-8H2,1-3H3/t9-/m1/s1. The lowest BCUT2D eigenvalue weighted by Gasteiger charge is -2.12. The molecule has 1 aliphatic heterocycles. The van der Waals surface area contributed by atoms with Crippen LogP contribution in [0.2, 0.25) is 0 Å². The first-order valence-electron chi connectivity index (χ1n) is 4.93. The second kappa shape index (κ2) is 4.02. The topological polar surface area (TPSA) is 40.5 Å². The molecule has 1 fully saturated rings. The average molecular weight is 195 g/mol. The smallest absolute Gasteiger partial charge is 0.298 e. The molecule has 1 N–H and O–H groups in total. The van der Waals surface area contributed by atoms with Crippen molar-refractivity contribution in [3.63, 3.8) is 0 Å². The molecule has 1 heterocycles. The summed E-state index contributed by atoms with van der Waals surface area (Å²) in [6.07, 6.45) is 1.05. The first-order valence-corrected chi connectivity index (χ1v) is 4.93. The Morgan fingerprint density at radius 1 is 1.57 bits per heavy atom. The third-order valence-corrected chi connectivity index (χ3v) is 2.19. The first kappa shape index (κ1) is 11.1. The lowest BCUT2D eigenvalue weighted by atomic mass is 10.1. The number of hydrogen-bond acceptors (Lipinski definition) is 2. The van der Waals surface area contributed by atoms with Crippen LogP contribution in [-0.2, 0) is 4.79 Å². The normalized spacial score (nSPS) is 21.7. The van der Waals surface area contributed by atoms with E-state index >= 15 is 0 Å². The van der Waals surface area contributed by atoms with Gasteiger partial charge in [0.2, 0.25) is 0 Å². The van der Waals surface area contributed by atoms with Crippen LogP contribution in [0.15, 0.2) is 0 Å². The van der Waals surface area contributed by atoms with Crippen molar-refractivity contribution in [2.24, 2.45) is 5.92 Å². The number of likely N-dealkylation sites (tertiary alicyclic amines) is 1. The van der Waals surface area contributed by atoms with Crippen molar-refractivity contribution in [1.82, 2.24) is 4.90 Å². The molecule has 0 aromatic carbocycles. The molecule has 1 rings (SSSR count). The minimum Gasteiger partial charge on any atom is -0.378 e. The number of nitrogens with zero attached hydrogens (tertiary/aromatic N) is 1. The highest BCUT2D eigenvalue weighted by Gasteiger charge is 2.22. The van der Waals surface area contributed by atoms with E-state index in [1.807, 2.05) is 0 Å². The van der Waals surface area contributed by atoms with Crippen LogP contribution < -0.4 is 0 Å². The zero-order valence-electron chi connectivity index (χ0n) is 9.00. The van der Waals surface area contributed by atoms with Crippen LogP contribution in [0.1, 0.15) is 27.2 Å². The molecule has 0 aromatic rings. The van der Waals surface area contributed by atoms with Gasteiger partial charge in [0.15, 0.2) is 0 Å². The molecule has 0 radical (unpaired) electrons. The van der Waals surface area contributed by atoms with Crippen molar-refractivity contribution in [3.8, 4) is 11.8 Å². The number of rotatable bonds is 0. The molecule has 0 unspecified atom stereocenters. The van der Waals surface area contributed by atoms with E-state index in [1.165, 1.54) is 0 Å². The maximum atomic E-state index is 11.5. The van der Waals surface area contributed by atoms with Crippen molar-refractivity contribution in [2.75, 3.05) is 13.1 Å². The van der Waals surface area contributed by atoms with E-state index in [0.29, 0.717) is 5.92 Å². The fourth-order valence-electron chi connectivity index (χ4n) is 1.40. The van der Waals surface area contributed by atoms with Gasteiger partial charge >= 0.3 is 0 Å². The van der Waals surface area contributed by atoms with Gasteiger partial charge in [0, 0.05) is 13.1 Å². The predicted molar refractivity (Wildman–Crippen MR) is 54.4 cm³/mol. The molecule has 3 heteroatoms. The van der Waals surface area contributed by atoms with Crippen molar-refractivity contribution >= 4 is 5.91 Å². The van der Waals surface area contributed by atoms with E-state index in [-0.39, 0.29) is 5.91 Å². The largest absolute Gasteiger partial charge is 0.378 e. The lowest BCUT2D eigenvalue weighted by Crippen LogP contribution is -2.27. The second-order valence-corrected chi connectivity index (χ2v) is 4.45. The Bertz CT molecular complexity index is 280. The van der Waals surface area contributed by atoms with E-state index < -0.39 is 5.60 Å². The molecule has 0 bridgehead atoms. The third kappa shape index (κ3) is 3.39. The summed E-state index contributed by atoms with van der Waals surface area (Å²) in [6.45, 7) is 6.84. The third-order valence-electron chi connectivity index (χ3n) is 2.19. The van der Waals surface area contributed by atoms with Gasteiger partial charge in [-0.3, -0.25) is 4.79 Å². The Hall–Kier alpha value is -1.01. The quantitative estimate of drug-likeness (QED) is 0.576. The van der Waals surface area contributed by atoms with Crippen LogP contribution in [0.3, 0.4) is 0 Å². The summed E-state index contributed by atoms with van der Waals surface area (Å²) in [5, 5.41) is 9.32. The Balaban J connectivity index is 2.54. The summed E-state index contributed by atoms with van der Waals surface area (Å²) in [5.74, 6) is 5.40. The summed E-state index contributed by atoms with van der Waals surface area (Å²) in [7, 11) is 0. The molecule has 78 valence electrons. The SMILES string of the molecule is C[C@@H]1CCN(C(=O)C#CC(C)(C)O)C1. The monoisotopic (exact) mass is 195 g/mol. The van der Waals surface area contributed by atoms with Gasteiger partial charge in [-0.05, 0) is 32.1 Å². The van der Waals surface area contributed by atoms with Crippen molar-refractivity contribution in [1.29, 1.82) is 0 Å². The highest BCUT2D eigenvalue weighted by molar-refractivity contribution is 5.93. The number of aliphatic hydroxyl groups is 1. The maximum absolute atomic E-state index is 11.5. The fourth-order valence-corrected chi connectivity index (χ4v) is 1.40. The molecule has 0 aromatic heterocycles. The van der Waals surface area contributed by atoms with Gasteiger partial charge in [0.05, 0.1) is 0 Å². The summed E-state index contributed by atoms with van der Waals surface area (Å²) in [5.41, 5.74) is -1.08. The molecule has 0 saturated carbocycles. The van der Waals surface area contributed by atoms with E-state index in [4.69, 9.17) is 0 Å². The van der Waals surface area contributed by atoms with E-state index in [2.05, 4.69) is 18.8 Å². The highest BCUT2D eigenvalue weighted by atomic mass is 16.3. The van der Waals surface area contributed by atoms with Crippen LogP contribution >= 0.6 is 0 Å². The van der Waals surface area contributed by atoms with Crippen LogP contribution in [0.5, 0.6) is 0 Å². The van der Waals surface area contributed by atoms with Crippen LogP contribution in [-0.4, -0.2) is 34.6 Å². The van der Waals surface area contributed by atoms with E-state index in [0.717, 1.165) is 19.5 Å². The Morgan fingerprint density at radius 3 is 2.64 bits per heavy atom. The number of hydrogen-bond donors (Lipinski definition) is 1. The zero-order chi connectivity index (χ0) is 10.8. The van der Waals surface area contributed by atoms with Gasteiger partial charge in [-0.25, -0.2) is 0 Å². The number of carbonyl (C=O) groups excluding carboxylic acids is 1. The minimum atomic E-state index is -1.08. The Kier molecular flexibility index (Phi) is 3.17. The molecule has 1 aliphatic rings. The number of carbonyl (C=O) groups is 1. The highest BCUT2D eigenvalue weighted by Crippen LogP contribution is 2.14. The summed E-state index contributed by atoms with van der Waals surface area (Å²) in [4.78, 5) is 13.2. The second-order valence-electron chi connectivity index (χ2n) is 4.45. The van der Waals surface area contributed by atoms with Gasteiger partial charge in [0.25, 0.3) is 5.91 Å². The van der Waals surface area contributed by atoms with Crippen molar-refractivity contribution in [2.45, 2.75) is 32.8 Å². The van der Waals surface area contributed by atoms with Gasteiger partial charge in [-0.15, -0.1) is 0 Å². The van der Waals surface area contributed by atoms with Crippen molar-refractivity contribution in [3.05, 3.63) is 0 Å². The van der Waals surface area contributed by atoms with Gasteiger partial charge in [-0.1, -0.05) is 12.8 Å². The Morgan fingerprint density at radius 2 is 2.21 bits per heavy atom. The molecular weight excluding hydrogens is 178 g/mol. The molecule has 0 spiro atoms. The van der Waals surface area contributed by atoms with E-state index in [1.54, 1.807) is 18.7 Å². The number of amides is 1. The summed E-state index contributed by atoms with van der Waals surface area (Å²) < 4.78 is 0. The Labute approximate surface area is 85.1 Å².